The number of carbonyl (C=O) groups is 1. The van der Waals surface area contributed by atoms with Gasteiger partial charge < -0.3 is 21.1 Å². The first kappa shape index (κ1) is 13.0. The van der Waals surface area contributed by atoms with Gasteiger partial charge in [0.2, 0.25) is 0 Å². The number of amides is 1. The van der Waals surface area contributed by atoms with Crippen molar-refractivity contribution in [3.05, 3.63) is 0 Å². The van der Waals surface area contributed by atoms with E-state index in [0.717, 1.165) is 0 Å². The van der Waals surface area contributed by atoms with Crippen LogP contribution in [-0.4, -0.2) is 30.4 Å². The number of hydrogen-bond acceptors (Lipinski definition) is 3. The van der Waals surface area contributed by atoms with Crippen LogP contribution in [0.5, 0.6) is 0 Å². The van der Waals surface area contributed by atoms with Crippen LogP contribution < -0.4 is 16.4 Å². The van der Waals surface area contributed by atoms with E-state index in [1.807, 2.05) is 0 Å². The predicted molar refractivity (Wildman–Crippen MR) is 66.1 cm³/mol. The molecule has 0 heterocycles. The van der Waals surface area contributed by atoms with Gasteiger partial charge in [0.25, 0.3) is 0 Å². The summed E-state index contributed by atoms with van der Waals surface area (Å²) in [5, 5.41) is 6.85. The molecule has 5 nitrogen and oxygen atoms in total. The van der Waals surface area contributed by atoms with E-state index in [2.05, 4.69) is 15.4 Å². The highest BCUT2D eigenvalue weighted by atomic mass is 32.1. The first-order valence-corrected chi connectivity index (χ1v) is 6.06. The van der Waals surface area contributed by atoms with Crippen LogP contribution in [0, 0.1) is 0 Å². The van der Waals surface area contributed by atoms with Crippen molar-refractivity contribution in [3.63, 3.8) is 0 Å². The first-order valence-electron chi connectivity index (χ1n) is 5.65. The number of primary amides is 1. The highest BCUT2D eigenvalue weighted by molar-refractivity contribution is 7.80. The van der Waals surface area contributed by atoms with Gasteiger partial charge in [0.15, 0.2) is 5.11 Å². The minimum Gasteiger partial charge on any atom is -0.448 e. The molecule has 0 saturated heterocycles. The van der Waals surface area contributed by atoms with E-state index >= 15 is 0 Å². The molecule has 1 amide bonds. The second-order valence-corrected chi connectivity index (χ2v) is 4.31. The van der Waals surface area contributed by atoms with Crippen molar-refractivity contribution in [2.24, 2.45) is 5.73 Å². The number of carbonyl (C=O) groups excluding carboxylic acids is 1. The van der Waals surface area contributed by atoms with Gasteiger partial charge in [-0.1, -0.05) is 19.3 Å². The Morgan fingerprint density at radius 3 is 2.69 bits per heavy atom. The molecule has 0 radical (unpaired) electrons. The zero-order chi connectivity index (χ0) is 11.8. The van der Waals surface area contributed by atoms with Crippen molar-refractivity contribution in [3.8, 4) is 0 Å². The van der Waals surface area contributed by atoms with E-state index in [9.17, 15) is 4.79 Å². The number of rotatable bonds is 4. The summed E-state index contributed by atoms with van der Waals surface area (Å²) in [7, 11) is 0. The summed E-state index contributed by atoms with van der Waals surface area (Å²) in [5.74, 6) is 0. The number of thiocarbonyl (C=S) groups is 1. The molecule has 0 aromatic heterocycles. The smallest absolute Gasteiger partial charge is 0.404 e. The van der Waals surface area contributed by atoms with Crippen molar-refractivity contribution in [2.75, 3.05) is 13.2 Å². The fraction of sp³-hybridized carbons (Fsp3) is 0.800. The van der Waals surface area contributed by atoms with Gasteiger partial charge in [-0.3, -0.25) is 0 Å². The molecule has 0 bridgehead atoms. The molecule has 1 fully saturated rings. The predicted octanol–water partition coefficient (Wildman–Crippen LogP) is 0.878. The molecule has 16 heavy (non-hydrogen) atoms. The summed E-state index contributed by atoms with van der Waals surface area (Å²) >= 11 is 5.12. The Morgan fingerprint density at radius 1 is 1.38 bits per heavy atom. The number of ether oxygens (including phenoxy) is 1. The van der Waals surface area contributed by atoms with Gasteiger partial charge in [0.1, 0.15) is 6.61 Å². The number of nitrogens with two attached hydrogens (primary N) is 1. The summed E-state index contributed by atoms with van der Waals surface area (Å²) in [5.41, 5.74) is 4.82. The first-order chi connectivity index (χ1) is 7.68. The summed E-state index contributed by atoms with van der Waals surface area (Å²) in [6.07, 6.45) is 5.47. The lowest BCUT2D eigenvalue weighted by atomic mass is 9.96. The molecule has 1 aliphatic rings. The Labute approximate surface area is 101 Å². The maximum Gasteiger partial charge on any atom is 0.404 e. The molecule has 0 spiro atoms. The molecular weight excluding hydrogens is 226 g/mol. The third-order valence-electron chi connectivity index (χ3n) is 2.57. The zero-order valence-corrected chi connectivity index (χ0v) is 10.1. The largest absolute Gasteiger partial charge is 0.448 e. The molecule has 6 heteroatoms. The Balaban J connectivity index is 2.03. The molecule has 1 aliphatic carbocycles. The highest BCUT2D eigenvalue weighted by Gasteiger charge is 2.13. The van der Waals surface area contributed by atoms with Crippen LogP contribution in [0.4, 0.5) is 4.79 Å². The zero-order valence-electron chi connectivity index (χ0n) is 9.33. The molecule has 0 aliphatic heterocycles. The van der Waals surface area contributed by atoms with E-state index in [0.29, 0.717) is 17.7 Å². The lowest BCUT2D eigenvalue weighted by Crippen LogP contribution is -2.43. The second-order valence-electron chi connectivity index (χ2n) is 3.90. The SMILES string of the molecule is NC(=O)OCCNC(=S)NC1CCCCC1. The lowest BCUT2D eigenvalue weighted by Gasteiger charge is -2.24. The summed E-state index contributed by atoms with van der Waals surface area (Å²) in [4.78, 5) is 10.3. The van der Waals surface area contributed by atoms with Gasteiger partial charge in [-0.15, -0.1) is 0 Å². The lowest BCUT2D eigenvalue weighted by molar-refractivity contribution is 0.159. The van der Waals surface area contributed by atoms with Gasteiger partial charge in [0, 0.05) is 6.04 Å². The van der Waals surface area contributed by atoms with Crippen LogP contribution in [0.15, 0.2) is 0 Å². The van der Waals surface area contributed by atoms with Gasteiger partial charge in [-0.2, -0.15) is 0 Å². The maximum absolute atomic E-state index is 10.3. The van der Waals surface area contributed by atoms with Gasteiger partial charge in [0.05, 0.1) is 6.54 Å². The molecule has 4 N–H and O–H groups in total. The van der Waals surface area contributed by atoms with Gasteiger partial charge >= 0.3 is 6.09 Å². The Morgan fingerprint density at radius 2 is 2.06 bits per heavy atom. The van der Waals surface area contributed by atoms with Crippen LogP contribution in [0.25, 0.3) is 0 Å². The van der Waals surface area contributed by atoms with E-state index in [1.54, 1.807) is 0 Å². The van der Waals surface area contributed by atoms with Crippen LogP contribution in [0.3, 0.4) is 0 Å². The van der Waals surface area contributed by atoms with Crippen LogP contribution in [-0.2, 0) is 4.74 Å². The van der Waals surface area contributed by atoms with Gasteiger partial charge in [-0.25, -0.2) is 4.79 Å². The summed E-state index contributed by atoms with van der Waals surface area (Å²) < 4.78 is 4.57. The Kier molecular flexibility index (Phi) is 5.92. The Bertz CT molecular complexity index is 242. The van der Waals surface area contributed by atoms with Crippen LogP contribution in [0.2, 0.25) is 0 Å². The maximum atomic E-state index is 10.3. The summed E-state index contributed by atoms with van der Waals surface area (Å²) in [6.45, 7) is 0.726. The molecule has 0 aromatic rings. The van der Waals surface area contributed by atoms with Crippen molar-refractivity contribution in [1.29, 1.82) is 0 Å². The van der Waals surface area contributed by atoms with Crippen molar-refractivity contribution in [1.82, 2.24) is 10.6 Å². The average molecular weight is 245 g/mol. The number of hydrogen-bond donors (Lipinski definition) is 3. The average Bonchev–Trinajstić information content (AvgIpc) is 2.25. The quantitative estimate of drug-likeness (QED) is 0.506. The van der Waals surface area contributed by atoms with Gasteiger partial charge in [-0.05, 0) is 25.1 Å². The van der Waals surface area contributed by atoms with E-state index in [1.165, 1.54) is 32.1 Å². The number of nitrogens with one attached hydrogen (secondary N) is 2. The van der Waals surface area contributed by atoms with E-state index < -0.39 is 6.09 Å². The van der Waals surface area contributed by atoms with Crippen molar-refractivity contribution in [2.45, 2.75) is 38.1 Å². The fourth-order valence-electron chi connectivity index (χ4n) is 1.80. The summed E-state index contributed by atoms with van der Waals surface area (Å²) in [6, 6.07) is 0.491. The topological polar surface area (TPSA) is 76.4 Å². The third-order valence-corrected chi connectivity index (χ3v) is 2.83. The fourth-order valence-corrected chi connectivity index (χ4v) is 2.07. The molecule has 0 aromatic carbocycles. The standard InChI is InChI=1S/C10H19N3O2S/c11-9(14)15-7-6-12-10(16)13-8-4-2-1-3-5-8/h8H,1-7H2,(H2,11,14)(H2,12,13,16). The molecular formula is C10H19N3O2S. The molecule has 1 rings (SSSR count). The minimum atomic E-state index is -0.757. The van der Waals surface area contributed by atoms with Crippen molar-refractivity contribution >= 4 is 23.4 Å². The molecule has 1 saturated carbocycles. The van der Waals surface area contributed by atoms with Crippen LogP contribution in [0.1, 0.15) is 32.1 Å². The van der Waals surface area contributed by atoms with Crippen molar-refractivity contribution < 1.29 is 9.53 Å². The second kappa shape index (κ2) is 7.27. The molecule has 0 atom stereocenters. The van der Waals surface area contributed by atoms with E-state index in [-0.39, 0.29) is 6.61 Å². The Hall–Kier alpha value is -1.04. The highest BCUT2D eigenvalue weighted by Crippen LogP contribution is 2.16. The normalized spacial score (nSPS) is 16.5. The third kappa shape index (κ3) is 5.75. The molecule has 0 unspecified atom stereocenters. The molecule has 92 valence electrons. The minimum absolute atomic E-state index is 0.238. The monoisotopic (exact) mass is 245 g/mol. The van der Waals surface area contributed by atoms with E-state index in [4.69, 9.17) is 18.0 Å². The van der Waals surface area contributed by atoms with Crippen LogP contribution >= 0.6 is 12.2 Å².